The zero-order chi connectivity index (χ0) is 17.8. The van der Waals surface area contributed by atoms with Gasteiger partial charge in [0.15, 0.2) is 0 Å². The first-order chi connectivity index (χ1) is 12.1. The van der Waals surface area contributed by atoms with Crippen LogP contribution in [-0.4, -0.2) is 23.7 Å². The lowest BCUT2D eigenvalue weighted by atomic mass is 9.99. The summed E-state index contributed by atoms with van der Waals surface area (Å²) in [4.78, 5) is 29.4. The number of pyridine rings is 1. The van der Waals surface area contributed by atoms with E-state index < -0.39 is 11.6 Å². The number of hydrogen-bond donors (Lipinski definition) is 0. The van der Waals surface area contributed by atoms with Crippen molar-refractivity contribution in [2.75, 3.05) is 7.11 Å². The van der Waals surface area contributed by atoms with Crippen molar-refractivity contribution in [3.63, 3.8) is 0 Å². The smallest absolute Gasteiger partial charge is 0.233 e. The molecule has 0 saturated carbocycles. The second-order valence-corrected chi connectivity index (χ2v) is 5.64. The topological polar surface area (TPSA) is 56.3 Å². The molecule has 0 aliphatic carbocycles. The Bertz CT molecular complexity index is 933. The SMILES string of the molecule is COc1ccc(C(=O)C(=O)c2ccnc(-c3ccccc3)c2)cc1C. The van der Waals surface area contributed by atoms with Crippen LogP contribution in [-0.2, 0) is 0 Å². The summed E-state index contributed by atoms with van der Waals surface area (Å²) in [5.41, 5.74) is 3.03. The number of rotatable bonds is 5. The van der Waals surface area contributed by atoms with E-state index in [1.165, 1.54) is 0 Å². The highest BCUT2D eigenvalue weighted by atomic mass is 16.5. The molecule has 2 aromatic carbocycles. The van der Waals surface area contributed by atoms with Gasteiger partial charge in [0.2, 0.25) is 11.6 Å². The zero-order valence-electron chi connectivity index (χ0n) is 14.0. The Kier molecular flexibility index (Phi) is 4.70. The maximum Gasteiger partial charge on any atom is 0.233 e. The molecule has 0 spiro atoms. The predicted octanol–water partition coefficient (Wildman–Crippen LogP) is 4.13. The number of nitrogens with zero attached hydrogens (tertiary/aromatic N) is 1. The standard InChI is InChI=1S/C21H17NO3/c1-14-12-16(8-9-19(14)25-2)20(23)21(24)17-10-11-22-18(13-17)15-6-4-3-5-7-15/h3-13H,1-2H3. The number of benzene rings is 2. The number of aromatic nitrogens is 1. The molecule has 1 heterocycles. The van der Waals surface area contributed by atoms with Gasteiger partial charge in [-0.25, -0.2) is 0 Å². The van der Waals surface area contributed by atoms with Crippen LogP contribution in [0, 0.1) is 6.92 Å². The van der Waals surface area contributed by atoms with Crippen molar-refractivity contribution in [2.24, 2.45) is 0 Å². The fraction of sp³-hybridized carbons (Fsp3) is 0.0952. The molecule has 3 aromatic rings. The molecule has 4 heteroatoms. The summed E-state index contributed by atoms with van der Waals surface area (Å²) in [5.74, 6) is -0.417. The molecule has 1 aromatic heterocycles. The normalized spacial score (nSPS) is 10.3. The summed E-state index contributed by atoms with van der Waals surface area (Å²) < 4.78 is 5.19. The number of aryl methyl sites for hydroxylation is 1. The third-order valence-corrected chi connectivity index (χ3v) is 3.95. The largest absolute Gasteiger partial charge is 0.496 e. The van der Waals surface area contributed by atoms with Gasteiger partial charge in [-0.3, -0.25) is 14.6 Å². The first-order valence-corrected chi connectivity index (χ1v) is 7.85. The summed E-state index contributed by atoms with van der Waals surface area (Å²) in [6.07, 6.45) is 1.54. The monoisotopic (exact) mass is 331 g/mol. The van der Waals surface area contributed by atoms with Crippen molar-refractivity contribution in [1.29, 1.82) is 0 Å². The Labute approximate surface area is 146 Å². The zero-order valence-corrected chi connectivity index (χ0v) is 14.0. The van der Waals surface area contributed by atoms with Crippen LogP contribution in [0.25, 0.3) is 11.3 Å². The lowest BCUT2D eigenvalue weighted by Gasteiger charge is -2.07. The number of methoxy groups -OCH3 is 1. The van der Waals surface area contributed by atoms with E-state index in [0.29, 0.717) is 22.6 Å². The molecule has 0 amide bonds. The van der Waals surface area contributed by atoms with Gasteiger partial charge in [-0.15, -0.1) is 0 Å². The van der Waals surface area contributed by atoms with Crippen molar-refractivity contribution in [3.8, 4) is 17.0 Å². The predicted molar refractivity (Wildman–Crippen MR) is 96.1 cm³/mol. The van der Waals surface area contributed by atoms with Crippen molar-refractivity contribution in [3.05, 3.63) is 83.6 Å². The van der Waals surface area contributed by atoms with Crippen LogP contribution in [0.2, 0.25) is 0 Å². The van der Waals surface area contributed by atoms with Gasteiger partial charge in [0.25, 0.3) is 0 Å². The Morgan fingerprint density at radius 3 is 2.20 bits per heavy atom. The van der Waals surface area contributed by atoms with E-state index in [4.69, 9.17) is 4.74 Å². The molecule has 0 radical (unpaired) electrons. The molecule has 0 fully saturated rings. The summed E-state index contributed by atoms with van der Waals surface area (Å²) in [5, 5.41) is 0. The molecule has 0 saturated heterocycles. The first-order valence-electron chi connectivity index (χ1n) is 7.85. The molecule has 25 heavy (non-hydrogen) atoms. The van der Waals surface area contributed by atoms with Gasteiger partial charge in [0.05, 0.1) is 12.8 Å². The highest BCUT2D eigenvalue weighted by Gasteiger charge is 2.19. The molecule has 0 aliphatic rings. The molecule has 0 atom stereocenters. The summed E-state index contributed by atoms with van der Waals surface area (Å²) in [7, 11) is 1.57. The fourth-order valence-electron chi connectivity index (χ4n) is 2.62. The molecular weight excluding hydrogens is 314 g/mol. The van der Waals surface area contributed by atoms with Gasteiger partial charge < -0.3 is 4.74 Å². The number of ether oxygens (including phenoxy) is 1. The molecular formula is C21H17NO3. The molecule has 0 N–H and O–H groups in total. The van der Waals surface area contributed by atoms with Crippen LogP contribution < -0.4 is 4.74 Å². The van der Waals surface area contributed by atoms with E-state index in [1.54, 1.807) is 43.6 Å². The third kappa shape index (κ3) is 3.48. The average Bonchev–Trinajstić information content (AvgIpc) is 2.67. The second kappa shape index (κ2) is 7.09. The van der Waals surface area contributed by atoms with E-state index in [0.717, 1.165) is 11.1 Å². The Morgan fingerprint density at radius 2 is 1.56 bits per heavy atom. The van der Waals surface area contributed by atoms with E-state index in [1.807, 2.05) is 37.3 Å². The number of carbonyl (C=O) groups is 2. The minimum absolute atomic E-state index is 0.326. The second-order valence-electron chi connectivity index (χ2n) is 5.64. The average molecular weight is 331 g/mol. The lowest BCUT2D eigenvalue weighted by Crippen LogP contribution is -2.15. The minimum Gasteiger partial charge on any atom is -0.496 e. The lowest BCUT2D eigenvalue weighted by molar-refractivity contribution is 0.0817. The van der Waals surface area contributed by atoms with Crippen LogP contribution in [0.4, 0.5) is 0 Å². The Hall–Kier alpha value is -3.27. The Morgan fingerprint density at radius 1 is 0.880 bits per heavy atom. The summed E-state index contributed by atoms with van der Waals surface area (Å²) in [6, 6.07) is 17.7. The Balaban J connectivity index is 1.90. The van der Waals surface area contributed by atoms with E-state index in [9.17, 15) is 9.59 Å². The van der Waals surface area contributed by atoms with Gasteiger partial charge in [-0.05, 0) is 42.8 Å². The van der Waals surface area contributed by atoms with Gasteiger partial charge >= 0.3 is 0 Å². The number of hydrogen-bond acceptors (Lipinski definition) is 4. The van der Waals surface area contributed by atoms with Crippen molar-refractivity contribution in [2.45, 2.75) is 6.92 Å². The summed E-state index contributed by atoms with van der Waals surface area (Å²) >= 11 is 0. The van der Waals surface area contributed by atoms with Crippen LogP contribution in [0.15, 0.2) is 66.9 Å². The third-order valence-electron chi connectivity index (χ3n) is 3.95. The fourth-order valence-corrected chi connectivity index (χ4v) is 2.62. The number of carbonyl (C=O) groups excluding carboxylic acids is 2. The summed E-state index contributed by atoms with van der Waals surface area (Å²) in [6.45, 7) is 1.83. The minimum atomic E-state index is -0.552. The van der Waals surface area contributed by atoms with Crippen molar-refractivity contribution in [1.82, 2.24) is 4.98 Å². The van der Waals surface area contributed by atoms with Gasteiger partial charge in [0.1, 0.15) is 5.75 Å². The van der Waals surface area contributed by atoms with Crippen LogP contribution in [0.5, 0.6) is 5.75 Å². The van der Waals surface area contributed by atoms with Gasteiger partial charge in [0, 0.05) is 22.9 Å². The highest BCUT2D eigenvalue weighted by molar-refractivity contribution is 6.49. The first kappa shape index (κ1) is 16.6. The molecule has 4 nitrogen and oxygen atoms in total. The van der Waals surface area contributed by atoms with Crippen LogP contribution in [0.1, 0.15) is 26.3 Å². The van der Waals surface area contributed by atoms with Crippen molar-refractivity contribution >= 4 is 11.6 Å². The van der Waals surface area contributed by atoms with Crippen molar-refractivity contribution < 1.29 is 14.3 Å². The van der Waals surface area contributed by atoms with Crippen LogP contribution in [0.3, 0.4) is 0 Å². The molecule has 0 unspecified atom stereocenters. The quantitative estimate of drug-likeness (QED) is 0.521. The van der Waals surface area contributed by atoms with E-state index in [2.05, 4.69) is 4.98 Å². The van der Waals surface area contributed by atoms with Gasteiger partial charge in [-0.1, -0.05) is 30.3 Å². The van der Waals surface area contributed by atoms with E-state index >= 15 is 0 Å². The highest BCUT2D eigenvalue weighted by Crippen LogP contribution is 2.21. The van der Waals surface area contributed by atoms with Gasteiger partial charge in [-0.2, -0.15) is 0 Å². The number of Topliss-reactive ketones (excluding diaryl/α,β-unsaturated/α-hetero) is 2. The molecule has 3 rings (SSSR count). The van der Waals surface area contributed by atoms with E-state index in [-0.39, 0.29) is 0 Å². The number of ketones is 2. The molecule has 0 bridgehead atoms. The maximum absolute atomic E-state index is 12.6. The molecule has 0 aliphatic heterocycles. The maximum atomic E-state index is 12.6. The molecule has 124 valence electrons. The van der Waals surface area contributed by atoms with Crippen LogP contribution >= 0.6 is 0 Å².